The maximum absolute atomic E-state index is 6.53. The molecule has 0 atom stereocenters. The third-order valence-electron chi connectivity index (χ3n) is 6.03. The number of hydrogen-bond acceptors (Lipinski definition) is 2. The van der Waals surface area contributed by atoms with Crippen LogP contribution in [0.15, 0.2) is 83.4 Å². The molecule has 138 valence electrons. The lowest BCUT2D eigenvalue weighted by Gasteiger charge is -2.05. The van der Waals surface area contributed by atoms with Crippen LogP contribution in [0.1, 0.15) is 11.1 Å². The molecule has 29 heavy (non-hydrogen) atoms. The lowest BCUT2D eigenvalue weighted by molar-refractivity contribution is 0.673. The summed E-state index contributed by atoms with van der Waals surface area (Å²) < 4.78 is 6.53. The number of aryl methyl sites for hydroxylation is 2. The quantitative estimate of drug-likeness (QED) is 0.278. The third kappa shape index (κ3) is 2.32. The molecule has 0 spiro atoms. The molecule has 2 heterocycles. The summed E-state index contributed by atoms with van der Waals surface area (Å²) in [5.41, 5.74) is 6.27. The van der Waals surface area contributed by atoms with Crippen LogP contribution in [0.3, 0.4) is 0 Å². The number of fused-ring (bicyclic) bond motifs is 7. The Hall–Kier alpha value is -3.65. The lowest BCUT2D eigenvalue weighted by Crippen LogP contribution is -1.88. The minimum absolute atomic E-state index is 0.902. The van der Waals surface area contributed by atoms with Crippen LogP contribution in [0.25, 0.3) is 54.7 Å². The van der Waals surface area contributed by atoms with Crippen molar-refractivity contribution in [2.45, 2.75) is 13.8 Å². The van der Waals surface area contributed by atoms with Gasteiger partial charge in [-0.3, -0.25) is 4.98 Å². The molecule has 0 saturated heterocycles. The van der Waals surface area contributed by atoms with Gasteiger partial charge >= 0.3 is 0 Å². The zero-order valence-electron chi connectivity index (χ0n) is 16.4. The predicted octanol–water partition coefficient (Wildman–Crippen LogP) is 7.57. The van der Waals surface area contributed by atoms with Crippen LogP contribution in [0, 0.1) is 13.8 Å². The summed E-state index contributed by atoms with van der Waals surface area (Å²) in [6.07, 6.45) is 1.94. The van der Waals surface area contributed by atoms with Crippen LogP contribution in [-0.4, -0.2) is 4.98 Å². The molecular weight excluding hydrogens is 354 g/mol. The molecule has 2 aromatic heterocycles. The van der Waals surface area contributed by atoms with Crippen LogP contribution in [-0.2, 0) is 0 Å². The zero-order chi connectivity index (χ0) is 19.5. The van der Waals surface area contributed by atoms with E-state index in [1.807, 2.05) is 6.20 Å². The number of pyridine rings is 1. The van der Waals surface area contributed by atoms with Crippen molar-refractivity contribution in [3.05, 3.63) is 90.1 Å². The van der Waals surface area contributed by atoms with Gasteiger partial charge in [0.1, 0.15) is 11.2 Å². The van der Waals surface area contributed by atoms with Crippen molar-refractivity contribution in [2.75, 3.05) is 0 Å². The van der Waals surface area contributed by atoms with Gasteiger partial charge in [-0.05, 0) is 65.4 Å². The first-order valence-electron chi connectivity index (χ1n) is 9.90. The average Bonchev–Trinajstić information content (AvgIpc) is 3.14. The molecule has 6 rings (SSSR count). The maximum atomic E-state index is 6.53. The van der Waals surface area contributed by atoms with E-state index in [1.54, 1.807) is 0 Å². The topological polar surface area (TPSA) is 26.0 Å². The second kappa shape index (κ2) is 5.92. The summed E-state index contributed by atoms with van der Waals surface area (Å²) in [5.74, 6) is 0. The van der Waals surface area contributed by atoms with Gasteiger partial charge in [0.25, 0.3) is 0 Å². The summed E-state index contributed by atoms with van der Waals surface area (Å²) in [7, 11) is 0. The highest BCUT2D eigenvalue weighted by Gasteiger charge is 2.15. The van der Waals surface area contributed by atoms with E-state index in [4.69, 9.17) is 4.42 Å². The number of aromatic nitrogens is 1. The number of benzene rings is 4. The van der Waals surface area contributed by atoms with Crippen LogP contribution in [0.2, 0.25) is 0 Å². The fourth-order valence-corrected chi connectivity index (χ4v) is 4.32. The molecule has 0 fully saturated rings. The van der Waals surface area contributed by atoms with Crippen molar-refractivity contribution in [3.63, 3.8) is 0 Å². The monoisotopic (exact) mass is 373 g/mol. The molecular formula is C27H19NO. The van der Waals surface area contributed by atoms with Crippen LogP contribution < -0.4 is 0 Å². The van der Waals surface area contributed by atoms with Gasteiger partial charge in [0.05, 0.1) is 5.69 Å². The van der Waals surface area contributed by atoms with Crippen LogP contribution >= 0.6 is 0 Å². The molecule has 0 N–H and O–H groups in total. The highest BCUT2D eigenvalue weighted by atomic mass is 16.3. The van der Waals surface area contributed by atoms with Gasteiger partial charge in [-0.15, -0.1) is 0 Å². The van der Waals surface area contributed by atoms with E-state index in [-0.39, 0.29) is 0 Å². The van der Waals surface area contributed by atoms with Gasteiger partial charge in [-0.1, -0.05) is 48.5 Å². The second-order valence-corrected chi connectivity index (χ2v) is 7.76. The van der Waals surface area contributed by atoms with Gasteiger partial charge in [-0.2, -0.15) is 0 Å². The number of para-hydroxylation sites is 1. The Morgan fingerprint density at radius 2 is 1.34 bits per heavy atom. The van der Waals surface area contributed by atoms with E-state index in [9.17, 15) is 0 Å². The number of nitrogens with zero attached hydrogens (tertiary/aromatic N) is 1. The molecule has 0 amide bonds. The molecule has 0 saturated carbocycles. The first-order chi connectivity index (χ1) is 14.2. The predicted molar refractivity (Wildman–Crippen MR) is 121 cm³/mol. The van der Waals surface area contributed by atoms with E-state index < -0.39 is 0 Å². The lowest BCUT2D eigenvalue weighted by atomic mass is 9.99. The van der Waals surface area contributed by atoms with Gasteiger partial charge in [0.2, 0.25) is 0 Å². The van der Waals surface area contributed by atoms with E-state index in [1.165, 1.54) is 27.3 Å². The molecule has 2 nitrogen and oxygen atoms in total. The molecule has 0 aliphatic rings. The van der Waals surface area contributed by atoms with E-state index in [2.05, 4.69) is 91.6 Å². The smallest absolute Gasteiger partial charge is 0.144 e. The Morgan fingerprint density at radius 1 is 0.621 bits per heavy atom. The van der Waals surface area contributed by atoms with Gasteiger partial charge in [0.15, 0.2) is 0 Å². The Balaban J connectivity index is 1.72. The summed E-state index contributed by atoms with van der Waals surface area (Å²) in [4.78, 5) is 4.67. The Bertz CT molecular complexity index is 1570. The van der Waals surface area contributed by atoms with E-state index in [0.29, 0.717) is 0 Å². The number of furan rings is 1. The SMILES string of the molecule is Cc1cnc(-c2cccc3c2oc2c3ccc3c4ccccc4ccc32)cc1C. The zero-order valence-corrected chi connectivity index (χ0v) is 16.4. The molecule has 0 radical (unpaired) electrons. The summed E-state index contributed by atoms with van der Waals surface area (Å²) in [6.45, 7) is 4.21. The van der Waals surface area contributed by atoms with Gasteiger partial charge < -0.3 is 4.42 Å². The van der Waals surface area contributed by atoms with E-state index >= 15 is 0 Å². The molecule has 0 aliphatic carbocycles. The highest BCUT2D eigenvalue weighted by molar-refractivity contribution is 6.21. The highest BCUT2D eigenvalue weighted by Crippen LogP contribution is 2.39. The fraction of sp³-hybridized carbons (Fsp3) is 0.0741. The van der Waals surface area contributed by atoms with Crippen molar-refractivity contribution in [3.8, 4) is 11.3 Å². The van der Waals surface area contributed by atoms with Gasteiger partial charge in [0, 0.05) is 27.9 Å². The minimum atomic E-state index is 0.902. The first kappa shape index (κ1) is 16.3. The number of hydrogen-bond donors (Lipinski definition) is 0. The van der Waals surface area contributed by atoms with Crippen LogP contribution in [0.4, 0.5) is 0 Å². The molecule has 4 aromatic carbocycles. The van der Waals surface area contributed by atoms with Crippen molar-refractivity contribution >= 4 is 43.5 Å². The minimum Gasteiger partial charge on any atom is -0.455 e. The first-order valence-corrected chi connectivity index (χ1v) is 9.90. The van der Waals surface area contributed by atoms with Crippen molar-refractivity contribution in [1.29, 1.82) is 0 Å². The molecule has 2 heteroatoms. The maximum Gasteiger partial charge on any atom is 0.144 e. The number of rotatable bonds is 1. The fourth-order valence-electron chi connectivity index (χ4n) is 4.32. The molecule has 0 aliphatic heterocycles. The Labute approximate surface area is 168 Å². The van der Waals surface area contributed by atoms with Gasteiger partial charge in [-0.25, -0.2) is 0 Å². The standard InChI is InChI=1S/C27H19NO/c1-16-14-25(28-15-17(16)2)24-9-5-8-21-23-13-12-20-19-7-4-3-6-18(19)10-11-22(20)26(23)29-27(21)24/h3-15H,1-2H3. The third-order valence-corrected chi connectivity index (χ3v) is 6.03. The van der Waals surface area contributed by atoms with Crippen molar-refractivity contribution < 1.29 is 4.42 Å². The normalized spacial score (nSPS) is 11.8. The molecule has 0 unspecified atom stereocenters. The summed E-state index contributed by atoms with van der Waals surface area (Å²) in [6, 6.07) is 25.7. The Kier molecular flexibility index (Phi) is 3.33. The summed E-state index contributed by atoms with van der Waals surface area (Å²) >= 11 is 0. The Morgan fingerprint density at radius 3 is 2.24 bits per heavy atom. The summed E-state index contributed by atoms with van der Waals surface area (Å²) in [5, 5.41) is 7.15. The molecule has 0 bridgehead atoms. The largest absolute Gasteiger partial charge is 0.455 e. The van der Waals surface area contributed by atoms with Crippen molar-refractivity contribution in [1.82, 2.24) is 4.98 Å². The molecule has 6 aromatic rings. The van der Waals surface area contributed by atoms with Crippen LogP contribution in [0.5, 0.6) is 0 Å². The second-order valence-electron chi connectivity index (χ2n) is 7.76. The average molecular weight is 373 g/mol. The van der Waals surface area contributed by atoms with Crippen molar-refractivity contribution in [2.24, 2.45) is 0 Å². The van der Waals surface area contributed by atoms with E-state index in [0.717, 1.165) is 38.6 Å².